The number of aromatic nitrogens is 3. The van der Waals surface area contributed by atoms with Gasteiger partial charge in [0.1, 0.15) is 5.82 Å². The fourth-order valence-corrected chi connectivity index (χ4v) is 5.02. The van der Waals surface area contributed by atoms with Gasteiger partial charge < -0.3 is 9.88 Å². The zero-order valence-electron chi connectivity index (χ0n) is 15.1. The third-order valence-electron chi connectivity index (χ3n) is 4.34. The van der Waals surface area contributed by atoms with Crippen LogP contribution in [0.5, 0.6) is 0 Å². The summed E-state index contributed by atoms with van der Waals surface area (Å²) in [4.78, 5) is 13.9. The van der Waals surface area contributed by atoms with E-state index in [-0.39, 0.29) is 11.2 Å². The Balaban J connectivity index is 1.47. The molecule has 28 heavy (non-hydrogen) atoms. The van der Waals surface area contributed by atoms with Crippen molar-refractivity contribution in [1.82, 2.24) is 14.8 Å². The molecule has 1 saturated carbocycles. The molecule has 2 heterocycles. The average molecular weight is 453 g/mol. The van der Waals surface area contributed by atoms with E-state index in [0.717, 1.165) is 30.2 Å². The van der Waals surface area contributed by atoms with E-state index in [4.69, 9.17) is 23.2 Å². The number of nitrogens with zero attached hydrogens (tertiary/aromatic N) is 3. The Morgan fingerprint density at radius 3 is 2.71 bits per heavy atom. The zero-order chi connectivity index (χ0) is 19.7. The summed E-state index contributed by atoms with van der Waals surface area (Å²) in [5, 5.41) is 15.1. The first-order valence-electron chi connectivity index (χ1n) is 8.89. The minimum atomic E-state index is -0.339. The molecule has 1 N–H and O–H groups in total. The normalized spacial score (nSPS) is 14.8. The van der Waals surface area contributed by atoms with E-state index in [1.54, 1.807) is 29.5 Å². The third kappa shape index (κ3) is 4.71. The summed E-state index contributed by atoms with van der Waals surface area (Å²) in [5.74, 6) is 0.829. The molecular formula is C19H18Cl2N4OS2. The second kappa shape index (κ2) is 8.45. The van der Waals surface area contributed by atoms with Crippen LogP contribution in [-0.4, -0.2) is 25.9 Å². The topological polar surface area (TPSA) is 59.8 Å². The molecule has 1 amide bonds. The zero-order valence-corrected chi connectivity index (χ0v) is 18.2. The van der Waals surface area contributed by atoms with Gasteiger partial charge in [0.15, 0.2) is 5.16 Å². The number of hydrogen-bond donors (Lipinski definition) is 1. The number of amides is 1. The first-order chi connectivity index (χ1) is 13.5. The molecule has 2 aromatic heterocycles. The summed E-state index contributed by atoms with van der Waals surface area (Å²) in [6, 6.07) is 9.57. The Bertz CT molecular complexity index is 966. The van der Waals surface area contributed by atoms with Crippen LogP contribution in [0.2, 0.25) is 10.0 Å². The molecular weight excluding hydrogens is 435 g/mol. The molecule has 0 saturated heterocycles. The highest BCUT2D eigenvalue weighted by Crippen LogP contribution is 2.40. The minimum absolute atomic E-state index is 0.131. The summed E-state index contributed by atoms with van der Waals surface area (Å²) in [6.07, 6.45) is 3.03. The van der Waals surface area contributed by atoms with Crippen LogP contribution in [0, 0.1) is 0 Å². The van der Waals surface area contributed by atoms with Crippen molar-refractivity contribution in [3.63, 3.8) is 0 Å². The molecule has 9 heteroatoms. The van der Waals surface area contributed by atoms with Crippen molar-refractivity contribution in [1.29, 1.82) is 0 Å². The van der Waals surface area contributed by atoms with Crippen LogP contribution in [0.4, 0.5) is 5.69 Å². The van der Waals surface area contributed by atoms with Gasteiger partial charge >= 0.3 is 0 Å². The van der Waals surface area contributed by atoms with E-state index < -0.39 is 0 Å². The van der Waals surface area contributed by atoms with Gasteiger partial charge in [0.05, 0.1) is 5.25 Å². The highest BCUT2D eigenvalue weighted by Gasteiger charge is 2.31. The number of hydrogen-bond acceptors (Lipinski definition) is 5. The van der Waals surface area contributed by atoms with Crippen molar-refractivity contribution in [2.45, 2.75) is 42.6 Å². The molecule has 0 radical (unpaired) electrons. The van der Waals surface area contributed by atoms with Crippen molar-refractivity contribution in [2.75, 3.05) is 5.32 Å². The summed E-state index contributed by atoms with van der Waals surface area (Å²) >= 11 is 15.1. The maximum atomic E-state index is 12.6. The lowest BCUT2D eigenvalue weighted by molar-refractivity contribution is -0.115. The van der Waals surface area contributed by atoms with E-state index >= 15 is 0 Å². The third-order valence-corrected chi connectivity index (χ3v) is 6.71. The molecule has 1 atom stereocenters. The summed E-state index contributed by atoms with van der Waals surface area (Å²) in [7, 11) is 0. The first-order valence-corrected chi connectivity index (χ1v) is 11.4. The van der Waals surface area contributed by atoms with Gasteiger partial charge in [0, 0.05) is 33.1 Å². The molecule has 1 aliphatic carbocycles. The van der Waals surface area contributed by atoms with Gasteiger partial charge in [-0.05, 0) is 49.4 Å². The number of benzene rings is 1. The largest absolute Gasteiger partial charge is 0.325 e. The smallest absolute Gasteiger partial charge is 0.237 e. The van der Waals surface area contributed by atoms with Gasteiger partial charge in [0.2, 0.25) is 5.91 Å². The fraction of sp³-hybridized carbons (Fsp3) is 0.316. The lowest BCUT2D eigenvalue weighted by Crippen LogP contribution is -2.23. The molecule has 3 aromatic rings. The Kier molecular flexibility index (Phi) is 5.96. The van der Waals surface area contributed by atoms with Gasteiger partial charge in [-0.15, -0.1) is 21.5 Å². The highest BCUT2D eigenvalue weighted by atomic mass is 35.5. The van der Waals surface area contributed by atoms with Crippen LogP contribution in [0.25, 0.3) is 0 Å². The molecule has 4 rings (SSSR count). The Labute approximate surface area is 181 Å². The molecule has 1 aromatic carbocycles. The number of nitrogens with one attached hydrogen (secondary N) is 1. The van der Waals surface area contributed by atoms with Crippen molar-refractivity contribution in [3.05, 3.63) is 56.5 Å². The Hall–Kier alpha value is -1.54. The summed E-state index contributed by atoms with van der Waals surface area (Å²) < 4.78 is 2.20. The molecule has 1 aliphatic rings. The van der Waals surface area contributed by atoms with Crippen LogP contribution in [0.15, 0.2) is 40.9 Å². The number of thiophene rings is 1. The van der Waals surface area contributed by atoms with Crippen molar-refractivity contribution in [3.8, 4) is 0 Å². The van der Waals surface area contributed by atoms with Gasteiger partial charge in [-0.3, -0.25) is 4.79 Å². The average Bonchev–Trinajstić information content (AvgIpc) is 3.18. The molecule has 146 valence electrons. The number of rotatable bonds is 7. The maximum Gasteiger partial charge on any atom is 0.237 e. The predicted octanol–water partition coefficient (Wildman–Crippen LogP) is 5.69. The molecule has 0 unspecified atom stereocenters. The van der Waals surface area contributed by atoms with E-state index in [1.165, 1.54) is 16.6 Å². The predicted molar refractivity (Wildman–Crippen MR) is 116 cm³/mol. The lowest BCUT2D eigenvalue weighted by Gasteiger charge is -2.13. The molecule has 0 aliphatic heterocycles. The second-order valence-corrected chi connectivity index (χ2v) is 9.88. The van der Waals surface area contributed by atoms with Crippen LogP contribution >= 0.6 is 46.3 Å². The monoisotopic (exact) mass is 452 g/mol. The van der Waals surface area contributed by atoms with Crippen LogP contribution < -0.4 is 5.32 Å². The van der Waals surface area contributed by atoms with E-state index in [9.17, 15) is 4.79 Å². The van der Waals surface area contributed by atoms with Crippen molar-refractivity contribution >= 4 is 57.9 Å². The van der Waals surface area contributed by atoms with Gasteiger partial charge in [-0.1, -0.05) is 41.0 Å². The number of thioether (sulfide) groups is 1. The second-order valence-electron chi connectivity index (χ2n) is 6.66. The number of halogens is 2. The molecule has 5 nitrogen and oxygen atoms in total. The van der Waals surface area contributed by atoms with Gasteiger partial charge in [0.25, 0.3) is 0 Å². The standard InChI is InChI=1S/C19H18Cl2N4OS2/c1-11(18(26)22-14-8-12(20)7-13(21)9-14)28-19-24-23-17(25(19)15-4-5-15)10-16-3-2-6-27-16/h2-3,6-9,11,15H,4-5,10H2,1H3,(H,22,26)/t11-/m1/s1. The fourth-order valence-electron chi connectivity index (χ4n) is 2.86. The SMILES string of the molecule is C[C@@H](Sc1nnc(Cc2cccs2)n1C1CC1)C(=O)Nc1cc(Cl)cc(Cl)c1. The van der Waals surface area contributed by atoms with Crippen LogP contribution in [-0.2, 0) is 11.2 Å². The maximum absolute atomic E-state index is 12.6. The van der Waals surface area contributed by atoms with E-state index in [0.29, 0.717) is 21.8 Å². The van der Waals surface area contributed by atoms with Crippen molar-refractivity contribution in [2.24, 2.45) is 0 Å². The molecule has 0 spiro atoms. The highest BCUT2D eigenvalue weighted by molar-refractivity contribution is 8.00. The van der Waals surface area contributed by atoms with E-state index in [2.05, 4.69) is 31.5 Å². The number of carbonyl (C=O) groups is 1. The summed E-state index contributed by atoms with van der Waals surface area (Å²) in [6.45, 7) is 1.86. The summed E-state index contributed by atoms with van der Waals surface area (Å²) in [5.41, 5.74) is 0.581. The van der Waals surface area contributed by atoms with Gasteiger partial charge in [-0.25, -0.2) is 0 Å². The van der Waals surface area contributed by atoms with Crippen LogP contribution in [0.3, 0.4) is 0 Å². The van der Waals surface area contributed by atoms with Crippen LogP contribution in [0.1, 0.15) is 36.5 Å². The van der Waals surface area contributed by atoms with E-state index in [1.807, 2.05) is 13.0 Å². The van der Waals surface area contributed by atoms with Crippen molar-refractivity contribution < 1.29 is 4.79 Å². The quantitative estimate of drug-likeness (QED) is 0.467. The number of anilines is 1. The molecule has 0 bridgehead atoms. The lowest BCUT2D eigenvalue weighted by atomic mass is 10.3. The number of carbonyl (C=O) groups excluding carboxylic acids is 1. The molecule has 1 fully saturated rings. The Morgan fingerprint density at radius 2 is 2.07 bits per heavy atom. The Morgan fingerprint density at radius 1 is 1.32 bits per heavy atom. The van der Waals surface area contributed by atoms with Gasteiger partial charge in [-0.2, -0.15) is 0 Å². The minimum Gasteiger partial charge on any atom is -0.325 e. The first kappa shape index (κ1) is 19.8.